The Morgan fingerprint density at radius 3 is 2.45 bits per heavy atom. The standard InChI is InChI=1S/C16H18N4O2/c21-15(13-4-1-2-8-17-13)19-11-6-7-12(10-11)20-16(22)14-5-3-9-18-14/h1-5,8-9,11-12,18H,6-7,10H2,(H,19,21)(H,20,22)/t11-,12+/m1/s1. The number of rotatable bonds is 4. The summed E-state index contributed by atoms with van der Waals surface area (Å²) in [7, 11) is 0. The van der Waals surface area contributed by atoms with Gasteiger partial charge in [-0.05, 0) is 43.5 Å². The molecule has 0 aliphatic heterocycles. The van der Waals surface area contributed by atoms with Crippen molar-refractivity contribution in [2.24, 2.45) is 0 Å². The highest BCUT2D eigenvalue weighted by atomic mass is 16.2. The summed E-state index contributed by atoms with van der Waals surface area (Å²) in [5.74, 6) is -0.270. The lowest BCUT2D eigenvalue weighted by Crippen LogP contribution is -2.37. The number of amides is 2. The smallest absolute Gasteiger partial charge is 0.270 e. The van der Waals surface area contributed by atoms with Gasteiger partial charge < -0.3 is 15.6 Å². The molecule has 0 unspecified atom stereocenters. The van der Waals surface area contributed by atoms with Gasteiger partial charge in [0.25, 0.3) is 11.8 Å². The summed E-state index contributed by atoms with van der Waals surface area (Å²) in [6, 6.07) is 8.95. The molecule has 114 valence electrons. The van der Waals surface area contributed by atoms with Gasteiger partial charge in [0, 0.05) is 24.5 Å². The minimum Gasteiger partial charge on any atom is -0.357 e. The lowest BCUT2D eigenvalue weighted by Gasteiger charge is -2.14. The van der Waals surface area contributed by atoms with Gasteiger partial charge >= 0.3 is 0 Å². The molecule has 2 heterocycles. The third-order valence-electron chi connectivity index (χ3n) is 3.84. The van der Waals surface area contributed by atoms with Crippen LogP contribution < -0.4 is 10.6 Å². The molecule has 6 nitrogen and oxygen atoms in total. The van der Waals surface area contributed by atoms with Gasteiger partial charge in [-0.2, -0.15) is 0 Å². The van der Waals surface area contributed by atoms with Crippen molar-refractivity contribution >= 4 is 11.8 Å². The third kappa shape index (κ3) is 3.33. The van der Waals surface area contributed by atoms with E-state index in [0.717, 1.165) is 19.3 Å². The summed E-state index contributed by atoms with van der Waals surface area (Å²) < 4.78 is 0. The van der Waals surface area contributed by atoms with Crippen LogP contribution in [0, 0.1) is 0 Å². The summed E-state index contributed by atoms with van der Waals surface area (Å²) >= 11 is 0. The van der Waals surface area contributed by atoms with Gasteiger partial charge in [0.1, 0.15) is 11.4 Å². The van der Waals surface area contributed by atoms with Crippen LogP contribution in [0.2, 0.25) is 0 Å². The largest absolute Gasteiger partial charge is 0.357 e. The number of hydrogen-bond acceptors (Lipinski definition) is 3. The zero-order valence-electron chi connectivity index (χ0n) is 12.1. The third-order valence-corrected chi connectivity index (χ3v) is 3.84. The summed E-state index contributed by atoms with van der Waals surface area (Å²) in [6.45, 7) is 0. The molecule has 0 saturated heterocycles. The predicted molar refractivity (Wildman–Crippen MR) is 81.4 cm³/mol. The zero-order valence-corrected chi connectivity index (χ0v) is 12.1. The Labute approximate surface area is 128 Å². The van der Waals surface area contributed by atoms with Crippen LogP contribution in [0.3, 0.4) is 0 Å². The van der Waals surface area contributed by atoms with Gasteiger partial charge in [-0.3, -0.25) is 14.6 Å². The van der Waals surface area contributed by atoms with Crippen molar-refractivity contribution in [2.75, 3.05) is 0 Å². The van der Waals surface area contributed by atoms with Crippen LogP contribution in [0.15, 0.2) is 42.7 Å². The highest BCUT2D eigenvalue weighted by Crippen LogP contribution is 2.20. The summed E-state index contributed by atoms with van der Waals surface area (Å²) in [6.07, 6.45) is 5.78. The van der Waals surface area contributed by atoms with Gasteiger partial charge in [-0.25, -0.2) is 0 Å². The van der Waals surface area contributed by atoms with Gasteiger partial charge in [0.05, 0.1) is 0 Å². The molecule has 2 amide bonds. The zero-order chi connectivity index (χ0) is 15.4. The molecule has 1 aliphatic rings. The van der Waals surface area contributed by atoms with E-state index in [4.69, 9.17) is 0 Å². The van der Waals surface area contributed by atoms with Crippen molar-refractivity contribution in [3.05, 3.63) is 54.1 Å². The quantitative estimate of drug-likeness (QED) is 0.799. The fourth-order valence-corrected chi connectivity index (χ4v) is 2.73. The lowest BCUT2D eigenvalue weighted by molar-refractivity contribution is 0.0931. The maximum absolute atomic E-state index is 12.1. The molecular weight excluding hydrogens is 280 g/mol. The molecule has 22 heavy (non-hydrogen) atoms. The maximum atomic E-state index is 12.1. The van der Waals surface area contributed by atoms with Crippen LogP contribution in [0.1, 0.15) is 40.2 Å². The summed E-state index contributed by atoms with van der Waals surface area (Å²) in [4.78, 5) is 30.9. The lowest BCUT2D eigenvalue weighted by atomic mass is 10.2. The van der Waals surface area contributed by atoms with Crippen LogP contribution in [0.5, 0.6) is 0 Å². The first-order valence-electron chi connectivity index (χ1n) is 7.38. The van der Waals surface area contributed by atoms with Crippen molar-refractivity contribution in [1.82, 2.24) is 20.6 Å². The SMILES string of the molecule is O=C(N[C@@H]1CC[C@H](NC(=O)c2ccc[nH]2)C1)c1ccccn1. The van der Waals surface area contributed by atoms with E-state index in [1.807, 2.05) is 0 Å². The first-order chi connectivity index (χ1) is 10.7. The molecule has 2 aromatic rings. The number of carbonyl (C=O) groups is 2. The molecule has 6 heteroatoms. The normalized spacial score (nSPS) is 20.5. The molecule has 1 saturated carbocycles. The molecule has 2 atom stereocenters. The Morgan fingerprint density at radius 2 is 1.82 bits per heavy atom. The fourth-order valence-electron chi connectivity index (χ4n) is 2.73. The number of aromatic amines is 1. The highest BCUT2D eigenvalue weighted by Gasteiger charge is 2.27. The number of carbonyl (C=O) groups excluding carboxylic acids is 2. The molecule has 1 fully saturated rings. The van der Waals surface area contributed by atoms with Crippen molar-refractivity contribution in [3.8, 4) is 0 Å². The second-order valence-electron chi connectivity index (χ2n) is 5.45. The molecule has 3 rings (SSSR count). The number of aromatic nitrogens is 2. The molecule has 0 radical (unpaired) electrons. The molecule has 2 aromatic heterocycles. The van der Waals surface area contributed by atoms with Gasteiger partial charge in [0.15, 0.2) is 0 Å². The number of H-pyrrole nitrogens is 1. The second-order valence-corrected chi connectivity index (χ2v) is 5.45. The molecule has 0 bridgehead atoms. The van der Waals surface area contributed by atoms with E-state index in [9.17, 15) is 9.59 Å². The number of pyridine rings is 1. The van der Waals surface area contributed by atoms with Crippen LogP contribution >= 0.6 is 0 Å². The van der Waals surface area contributed by atoms with Gasteiger partial charge in [0.2, 0.25) is 0 Å². The van der Waals surface area contributed by atoms with E-state index in [1.54, 1.807) is 42.7 Å². The molecular formula is C16H18N4O2. The highest BCUT2D eigenvalue weighted by molar-refractivity contribution is 5.93. The summed E-state index contributed by atoms with van der Waals surface area (Å²) in [5, 5.41) is 5.96. The van der Waals surface area contributed by atoms with E-state index >= 15 is 0 Å². The van der Waals surface area contributed by atoms with E-state index in [0.29, 0.717) is 11.4 Å². The molecule has 1 aliphatic carbocycles. The minimum atomic E-state index is -0.165. The second kappa shape index (κ2) is 6.43. The molecule has 0 spiro atoms. The fraction of sp³-hybridized carbons (Fsp3) is 0.312. The Bertz CT molecular complexity index is 639. The average molecular weight is 298 g/mol. The Kier molecular flexibility index (Phi) is 4.18. The van der Waals surface area contributed by atoms with Crippen LogP contribution in [0.25, 0.3) is 0 Å². The Balaban J connectivity index is 1.50. The molecule has 3 N–H and O–H groups in total. The topological polar surface area (TPSA) is 86.9 Å². The first kappa shape index (κ1) is 14.3. The minimum absolute atomic E-state index is 0.0726. The van der Waals surface area contributed by atoms with Crippen LogP contribution in [-0.2, 0) is 0 Å². The number of hydrogen-bond donors (Lipinski definition) is 3. The van der Waals surface area contributed by atoms with Crippen molar-refractivity contribution in [2.45, 2.75) is 31.3 Å². The van der Waals surface area contributed by atoms with E-state index in [1.165, 1.54) is 0 Å². The molecule has 0 aromatic carbocycles. The summed E-state index contributed by atoms with van der Waals surface area (Å²) in [5.41, 5.74) is 0.974. The van der Waals surface area contributed by atoms with E-state index in [2.05, 4.69) is 20.6 Å². The van der Waals surface area contributed by atoms with E-state index in [-0.39, 0.29) is 23.9 Å². The monoisotopic (exact) mass is 298 g/mol. The average Bonchev–Trinajstić information content (AvgIpc) is 3.20. The van der Waals surface area contributed by atoms with Gasteiger partial charge in [-0.15, -0.1) is 0 Å². The van der Waals surface area contributed by atoms with Gasteiger partial charge in [-0.1, -0.05) is 6.07 Å². The van der Waals surface area contributed by atoms with Crippen LogP contribution in [0.4, 0.5) is 0 Å². The Hall–Kier alpha value is -2.63. The van der Waals surface area contributed by atoms with Crippen molar-refractivity contribution in [1.29, 1.82) is 0 Å². The van der Waals surface area contributed by atoms with E-state index < -0.39 is 0 Å². The van der Waals surface area contributed by atoms with Crippen molar-refractivity contribution in [3.63, 3.8) is 0 Å². The van der Waals surface area contributed by atoms with Crippen LogP contribution in [-0.4, -0.2) is 33.9 Å². The number of nitrogens with zero attached hydrogens (tertiary/aromatic N) is 1. The number of nitrogens with one attached hydrogen (secondary N) is 3. The maximum Gasteiger partial charge on any atom is 0.270 e. The first-order valence-corrected chi connectivity index (χ1v) is 7.38. The Morgan fingerprint density at radius 1 is 1.05 bits per heavy atom. The predicted octanol–water partition coefficient (Wildman–Crippen LogP) is 1.49. The van der Waals surface area contributed by atoms with Crippen molar-refractivity contribution < 1.29 is 9.59 Å².